The van der Waals surface area contributed by atoms with Crippen LogP contribution in [0.4, 0.5) is 0 Å². The maximum atomic E-state index is 13.0. The molecule has 0 bridgehead atoms. The van der Waals surface area contributed by atoms with Gasteiger partial charge in [-0.3, -0.25) is 0 Å². The second kappa shape index (κ2) is 8.24. The largest absolute Gasteiger partial charge is 0.497 e. The molecule has 3 rings (SSSR count). The molecule has 9 nitrogen and oxygen atoms in total. The van der Waals surface area contributed by atoms with Crippen molar-refractivity contribution in [2.45, 2.75) is 18.2 Å². The zero-order chi connectivity index (χ0) is 19.4. The summed E-state index contributed by atoms with van der Waals surface area (Å²) in [6.07, 6.45) is 0.653. The van der Waals surface area contributed by atoms with E-state index in [0.29, 0.717) is 50.1 Å². The van der Waals surface area contributed by atoms with Crippen molar-refractivity contribution in [2.24, 2.45) is 0 Å². The van der Waals surface area contributed by atoms with Crippen LogP contribution in [-0.4, -0.2) is 74.8 Å². The summed E-state index contributed by atoms with van der Waals surface area (Å²) in [7, 11) is -0.657. The molecule has 1 aromatic heterocycles. The normalized spacial score (nSPS) is 16.4. The molecule has 0 spiro atoms. The van der Waals surface area contributed by atoms with Gasteiger partial charge in [-0.2, -0.15) is 4.31 Å². The summed E-state index contributed by atoms with van der Waals surface area (Å²) in [5.74, 6) is 1.98. The third-order valence-electron chi connectivity index (χ3n) is 4.53. The van der Waals surface area contributed by atoms with E-state index in [1.54, 1.807) is 19.1 Å². The van der Waals surface area contributed by atoms with Gasteiger partial charge in [0.25, 0.3) is 0 Å². The molecule has 0 unspecified atom stereocenters. The van der Waals surface area contributed by atoms with Gasteiger partial charge in [-0.05, 0) is 12.1 Å². The van der Waals surface area contributed by atoms with Gasteiger partial charge < -0.3 is 18.8 Å². The minimum Gasteiger partial charge on any atom is -0.497 e. The van der Waals surface area contributed by atoms with Crippen molar-refractivity contribution in [3.8, 4) is 11.5 Å². The van der Waals surface area contributed by atoms with E-state index in [0.717, 1.165) is 6.54 Å². The monoisotopic (exact) mass is 396 g/mol. The fourth-order valence-corrected chi connectivity index (χ4v) is 4.57. The third kappa shape index (κ3) is 4.40. The Hall–Kier alpha value is -2.17. The lowest BCUT2D eigenvalue weighted by atomic mass is 10.3. The summed E-state index contributed by atoms with van der Waals surface area (Å²) in [4.78, 5) is 2.34. The first-order chi connectivity index (χ1) is 12.9. The average Bonchev–Trinajstić information content (AvgIpc) is 3.11. The molecule has 0 radical (unpaired) electrons. The first-order valence-corrected chi connectivity index (χ1v) is 10.1. The predicted octanol–water partition coefficient (Wildman–Crippen LogP) is 0.944. The number of methoxy groups -OCH3 is 2. The van der Waals surface area contributed by atoms with Gasteiger partial charge in [0.2, 0.25) is 21.8 Å². The van der Waals surface area contributed by atoms with Gasteiger partial charge in [0.15, 0.2) is 0 Å². The number of piperazine rings is 1. The van der Waals surface area contributed by atoms with Crippen LogP contribution in [0.25, 0.3) is 0 Å². The fraction of sp³-hybridized carbons (Fsp3) is 0.529. The number of nitrogens with zero attached hydrogens (tertiary/aromatic N) is 4. The molecule has 1 aliphatic rings. The Bertz CT molecular complexity index is 875. The van der Waals surface area contributed by atoms with E-state index < -0.39 is 10.0 Å². The summed E-state index contributed by atoms with van der Waals surface area (Å²) in [6.45, 7) is 4.63. The van der Waals surface area contributed by atoms with E-state index in [-0.39, 0.29) is 10.6 Å². The highest BCUT2D eigenvalue weighted by Gasteiger charge is 2.31. The molecule has 2 aromatic rings. The summed E-state index contributed by atoms with van der Waals surface area (Å²) < 4.78 is 43.3. The van der Waals surface area contributed by atoms with Gasteiger partial charge in [-0.15, -0.1) is 10.2 Å². The summed E-state index contributed by atoms with van der Waals surface area (Å²) in [6, 6.07) is 4.73. The predicted molar refractivity (Wildman–Crippen MR) is 97.5 cm³/mol. The van der Waals surface area contributed by atoms with Crippen LogP contribution in [0.2, 0.25) is 0 Å². The second-order valence-corrected chi connectivity index (χ2v) is 8.13. The van der Waals surface area contributed by atoms with Crippen molar-refractivity contribution in [3.63, 3.8) is 0 Å². The van der Waals surface area contributed by atoms with Crippen LogP contribution in [0.5, 0.6) is 11.5 Å². The SMILES string of the molecule is COc1ccc(S(=O)(=O)N2CCN(CCc3nnc(C)o3)CC2)c(OC)c1. The fourth-order valence-electron chi connectivity index (χ4n) is 3.01. The molecular formula is C17H24N4O5S. The Balaban J connectivity index is 1.62. The van der Waals surface area contributed by atoms with Gasteiger partial charge in [0, 0.05) is 52.1 Å². The molecule has 148 valence electrons. The van der Waals surface area contributed by atoms with E-state index in [2.05, 4.69) is 15.1 Å². The Kier molecular flexibility index (Phi) is 5.98. The quantitative estimate of drug-likeness (QED) is 0.682. The Morgan fingerprint density at radius 1 is 1.11 bits per heavy atom. The van der Waals surface area contributed by atoms with E-state index >= 15 is 0 Å². The van der Waals surface area contributed by atoms with Gasteiger partial charge in [-0.1, -0.05) is 0 Å². The molecule has 0 saturated carbocycles. The van der Waals surface area contributed by atoms with Crippen LogP contribution in [0.1, 0.15) is 11.8 Å². The van der Waals surface area contributed by atoms with E-state index in [9.17, 15) is 8.42 Å². The minimum absolute atomic E-state index is 0.153. The number of aryl methyl sites for hydroxylation is 1. The first kappa shape index (κ1) is 19.6. The average molecular weight is 396 g/mol. The highest BCUT2D eigenvalue weighted by atomic mass is 32.2. The lowest BCUT2D eigenvalue weighted by molar-refractivity contribution is 0.186. The number of aromatic nitrogens is 2. The second-order valence-electron chi connectivity index (χ2n) is 6.23. The molecule has 0 amide bonds. The lowest BCUT2D eigenvalue weighted by Gasteiger charge is -2.33. The molecule has 0 aliphatic carbocycles. The Morgan fingerprint density at radius 2 is 1.85 bits per heavy atom. The van der Waals surface area contributed by atoms with Crippen molar-refractivity contribution in [1.82, 2.24) is 19.4 Å². The van der Waals surface area contributed by atoms with Gasteiger partial charge in [0.1, 0.15) is 16.4 Å². The number of ether oxygens (including phenoxy) is 2. The molecule has 2 heterocycles. The van der Waals surface area contributed by atoms with Crippen molar-refractivity contribution in [1.29, 1.82) is 0 Å². The third-order valence-corrected chi connectivity index (χ3v) is 6.47. The van der Waals surface area contributed by atoms with E-state index in [1.165, 1.54) is 24.6 Å². The minimum atomic E-state index is -3.63. The standard InChI is InChI=1S/C17H24N4O5S/c1-13-18-19-17(26-13)6-7-20-8-10-21(11-9-20)27(22,23)16-5-4-14(24-2)12-15(16)25-3/h4-5,12H,6-11H2,1-3H3. The number of hydrogen-bond donors (Lipinski definition) is 0. The van der Waals surface area contributed by atoms with Crippen molar-refractivity contribution in [3.05, 3.63) is 30.0 Å². The first-order valence-electron chi connectivity index (χ1n) is 8.67. The van der Waals surface area contributed by atoms with Gasteiger partial charge >= 0.3 is 0 Å². The number of benzene rings is 1. The zero-order valence-corrected chi connectivity index (χ0v) is 16.5. The molecule has 1 aromatic carbocycles. The topological polar surface area (TPSA) is 98.0 Å². The van der Waals surface area contributed by atoms with Crippen LogP contribution < -0.4 is 9.47 Å². The molecule has 1 fully saturated rings. The van der Waals surface area contributed by atoms with E-state index in [1.807, 2.05) is 0 Å². The summed E-state index contributed by atoms with van der Waals surface area (Å²) in [5, 5.41) is 7.80. The van der Waals surface area contributed by atoms with Crippen LogP contribution in [0.15, 0.2) is 27.5 Å². The highest BCUT2D eigenvalue weighted by Crippen LogP contribution is 2.31. The van der Waals surface area contributed by atoms with Crippen LogP contribution in [0, 0.1) is 6.92 Å². The number of hydrogen-bond acceptors (Lipinski definition) is 8. The summed E-state index contributed by atoms with van der Waals surface area (Å²) >= 11 is 0. The van der Waals surface area contributed by atoms with Crippen LogP contribution in [-0.2, 0) is 16.4 Å². The molecule has 27 heavy (non-hydrogen) atoms. The van der Waals surface area contributed by atoms with Crippen molar-refractivity contribution in [2.75, 3.05) is 46.9 Å². The maximum Gasteiger partial charge on any atom is 0.246 e. The lowest BCUT2D eigenvalue weighted by Crippen LogP contribution is -2.49. The van der Waals surface area contributed by atoms with Gasteiger partial charge in [0.05, 0.1) is 14.2 Å². The molecule has 1 aliphatic heterocycles. The Labute approximate surface area is 158 Å². The van der Waals surface area contributed by atoms with Gasteiger partial charge in [-0.25, -0.2) is 8.42 Å². The molecular weight excluding hydrogens is 372 g/mol. The highest BCUT2D eigenvalue weighted by molar-refractivity contribution is 7.89. The van der Waals surface area contributed by atoms with Crippen LogP contribution in [0.3, 0.4) is 0 Å². The summed E-state index contributed by atoms with van der Waals surface area (Å²) in [5.41, 5.74) is 0. The number of sulfonamides is 1. The molecule has 0 N–H and O–H groups in total. The van der Waals surface area contributed by atoms with Crippen molar-refractivity contribution < 1.29 is 22.3 Å². The zero-order valence-electron chi connectivity index (χ0n) is 15.7. The van der Waals surface area contributed by atoms with Crippen molar-refractivity contribution >= 4 is 10.0 Å². The van der Waals surface area contributed by atoms with Crippen LogP contribution >= 0.6 is 0 Å². The molecule has 10 heteroatoms. The Morgan fingerprint density at radius 3 is 2.44 bits per heavy atom. The smallest absolute Gasteiger partial charge is 0.246 e. The molecule has 1 saturated heterocycles. The maximum absolute atomic E-state index is 13.0. The molecule has 0 atom stereocenters. The number of rotatable bonds is 7. The van der Waals surface area contributed by atoms with E-state index in [4.69, 9.17) is 13.9 Å².